The Hall–Kier alpha value is -2.87. The molecule has 0 bridgehead atoms. The molecule has 0 aliphatic rings. The van der Waals surface area contributed by atoms with Gasteiger partial charge < -0.3 is 9.47 Å². The normalized spacial score (nSPS) is 9.65. The summed E-state index contributed by atoms with van der Waals surface area (Å²) >= 11 is 0. The number of methoxy groups -OCH3 is 1. The first-order valence-electron chi connectivity index (χ1n) is 5.87. The summed E-state index contributed by atoms with van der Waals surface area (Å²) in [5.41, 5.74) is 0.864. The average Bonchev–Trinajstić information content (AvgIpc) is 2.48. The highest BCUT2D eigenvalue weighted by molar-refractivity contribution is 5.92. The van der Waals surface area contributed by atoms with E-state index >= 15 is 0 Å². The molecule has 0 radical (unpaired) electrons. The van der Waals surface area contributed by atoms with Crippen molar-refractivity contribution in [1.29, 1.82) is 5.26 Å². The van der Waals surface area contributed by atoms with Crippen molar-refractivity contribution in [2.24, 2.45) is 0 Å². The number of ketones is 1. The fourth-order valence-electron chi connectivity index (χ4n) is 1.60. The van der Waals surface area contributed by atoms with Crippen LogP contribution in [0.15, 0.2) is 36.5 Å². The highest BCUT2D eigenvalue weighted by atomic mass is 16.5. The maximum absolute atomic E-state index is 11.1. The van der Waals surface area contributed by atoms with Gasteiger partial charge in [-0.25, -0.2) is 4.98 Å². The first-order valence-corrected chi connectivity index (χ1v) is 5.87. The highest BCUT2D eigenvalue weighted by Crippen LogP contribution is 2.31. The van der Waals surface area contributed by atoms with Gasteiger partial charge in [-0.15, -0.1) is 0 Å². The van der Waals surface area contributed by atoms with E-state index in [2.05, 4.69) is 4.98 Å². The Labute approximate surface area is 116 Å². The van der Waals surface area contributed by atoms with Crippen molar-refractivity contribution in [2.45, 2.75) is 6.92 Å². The lowest BCUT2D eigenvalue weighted by molar-refractivity contribution is 0.101. The third-order valence-electron chi connectivity index (χ3n) is 2.62. The quantitative estimate of drug-likeness (QED) is 0.797. The van der Waals surface area contributed by atoms with Gasteiger partial charge in [0.2, 0.25) is 0 Å². The van der Waals surface area contributed by atoms with Crippen molar-refractivity contribution in [1.82, 2.24) is 4.98 Å². The van der Waals surface area contributed by atoms with E-state index in [0.717, 1.165) is 0 Å². The van der Waals surface area contributed by atoms with Crippen LogP contribution in [0.4, 0.5) is 0 Å². The van der Waals surface area contributed by atoms with Crippen molar-refractivity contribution in [3.05, 3.63) is 47.8 Å². The van der Waals surface area contributed by atoms with Crippen molar-refractivity contribution < 1.29 is 14.3 Å². The Bertz CT molecular complexity index is 673. The first kappa shape index (κ1) is 13.6. The molecule has 1 aromatic carbocycles. The summed E-state index contributed by atoms with van der Waals surface area (Å²) in [7, 11) is 1.50. The van der Waals surface area contributed by atoms with Crippen LogP contribution in [0.5, 0.6) is 17.2 Å². The largest absolute Gasteiger partial charge is 0.493 e. The van der Waals surface area contributed by atoms with Gasteiger partial charge in [0.15, 0.2) is 17.3 Å². The van der Waals surface area contributed by atoms with Crippen molar-refractivity contribution in [3.63, 3.8) is 0 Å². The maximum Gasteiger partial charge on any atom is 0.178 e. The Morgan fingerprint density at radius 1 is 1.25 bits per heavy atom. The van der Waals surface area contributed by atoms with Crippen LogP contribution < -0.4 is 9.47 Å². The molecule has 2 aromatic rings. The molecule has 0 aliphatic carbocycles. The fourth-order valence-corrected chi connectivity index (χ4v) is 1.60. The molecular weight excluding hydrogens is 256 g/mol. The number of aromatic nitrogens is 1. The Kier molecular flexibility index (Phi) is 3.96. The number of nitrogens with zero attached hydrogens (tertiary/aromatic N) is 2. The zero-order valence-electron chi connectivity index (χ0n) is 11.1. The molecule has 0 unspecified atom stereocenters. The summed E-state index contributed by atoms with van der Waals surface area (Å²) in [6.07, 6.45) is 1.47. The van der Waals surface area contributed by atoms with E-state index in [-0.39, 0.29) is 5.78 Å². The molecule has 0 fully saturated rings. The molecule has 5 nitrogen and oxygen atoms in total. The number of ether oxygens (including phenoxy) is 2. The van der Waals surface area contributed by atoms with Crippen molar-refractivity contribution >= 4 is 5.78 Å². The number of rotatable bonds is 4. The minimum Gasteiger partial charge on any atom is -0.493 e. The van der Waals surface area contributed by atoms with Crippen LogP contribution in [0.2, 0.25) is 0 Å². The van der Waals surface area contributed by atoms with Crippen LogP contribution >= 0.6 is 0 Å². The van der Waals surface area contributed by atoms with Crippen LogP contribution in [0.3, 0.4) is 0 Å². The van der Waals surface area contributed by atoms with E-state index in [0.29, 0.717) is 28.5 Å². The third-order valence-corrected chi connectivity index (χ3v) is 2.62. The number of hydrogen-bond acceptors (Lipinski definition) is 5. The molecule has 1 aromatic heterocycles. The van der Waals surface area contributed by atoms with Crippen LogP contribution in [-0.4, -0.2) is 17.9 Å². The summed E-state index contributed by atoms with van der Waals surface area (Å²) in [5.74, 6) is 1.31. The molecule has 0 N–H and O–H groups in total. The number of nitriles is 1. The predicted octanol–water partition coefficient (Wildman–Crippen LogP) is 2.96. The average molecular weight is 268 g/mol. The van der Waals surface area contributed by atoms with Crippen LogP contribution in [0.1, 0.15) is 23.0 Å². The van der Waals surface area contributed by atoms with Gasteiger partial charge in [-0.1, -0.05) is 0 Å². The molecule has 20 heavy (non-hydrogen) atoms. The second-order valence-electron chi connectivity index (χ2n) is 4.01. The molecule has 0 amide bonds. The molecular formula is C15H12N2O3. The molecule has 0 spiro atoms. The Balaban J connectivity index is 2.25. The molecule has 1 heterocycles. The van der Waals surface area contributed by atoms with E-state index in [4.69, 9.17) is 14.7 Å². The Morgan fingerprint density at radius 3 is 2.60 bits per heavy atom. The SMILES string of the molecule is COc1cc(C#N)ccc1Oc1ccc(C(C)=O)nc1. The molecule has 0 saturated carbocycles. The summed E-state index contributed by atoms with van der Waals surface area (Å²) in [5, 5.41) is 8.83. The number of carbonyl (C=O) groups excluding carboxylic acids is 1. The van der Waals surface area contributed by atoms with Crippen LogP contribution in [0.25, 0.3) is 0 Å². The predicted molar refractivity (Wildman–Crippen MR) is 72.0 cm³/mol. The molecule has 0 aliphatic heterocycles. The first-order chi connectivity index (χ1) is 9.63. The number of carbonyl (C=O) groups is 1. The smallest absolute Gasteiger partial charge is 0.178 e. The van der Waals surface area contributed by atoms with Gasteiger partial charge in [0.25, 0.3) is 0 Å². The van der Waals surface area contributed by atoms with E-state index < -0.39 is 0 Å². The third kappa shape index (κ3) is 2.93. The zero-order valence-corrected chi connectivity index (χ0v) is 11.1. The number of pyridine rings is 1. The minimum absolute atomic E-state index is 0.104. The summed E-state index contributed by atoms with van der Waals surface area (Å²) in [6, 6.07) is 10.1. The van der Waals surface area contributed by atoms with Gasteiger partial charge in [0, 0.05) is 13.0 Å². The topological polar surface area (TPSA) is 72.2 Å². The van der Waals surface area contributed by atoms with E-state index in [1.807, 2.05) is 6.07 Å². The van der Waals surface area contributed by atoms with Gasteiger partial charge in [-0.2, -0.15) is 5.26 Å². The van der Waals surface area contributed by atoms with Gasteiger partial charge in [0.1, 0.15) is 11.4 Å². The lowest BCUT2D eigenvalue weighted by Gasteiger charge is -2.10. The van der Waals surface area contributed by atoms with Gasteiger partial charge in [-0.3, -0.25) is 4.79 Å². The second kappa shape index (κ2) is 5.85. The lowest BCUT2D eigenvalue weighted by atomic mass is 10.2. The maximum atomic E-state index is 11.1. The minimum atomic E-state index is -0.104. The van der Waals surface area contributed by atoms with Crippen LogP contribution in [-0.2, 0) is 0 Å². The molecule has 5 heteroatoms. The van der Waals surface area contributed by atoms with Crippen molar-refractivity contribution in [3.8, 4) is 23.3 Å². The molecule has 2 rings (SSSR count). The van der Waals surface area contributed by atoms with Gasteiger partial charge in [-0.05, 0) is 24.3 Å². The molecule has 0 atom stereocenters. The van der Waals surface area contributed by atoms with Gasteiger partial charge in [0.05, 0.1) is 24.9 Å². The number of Topliss-reactive ketones (excluding diaryl/α,β-unsaturated/α-hetero) is 1. The van der Waals surface area contributed by atoms with Crippen molar-refractivity contribution in [2.75, 3.05) is 7.11 Å². The van der Waals surface area contributed by atoms with E-state index in [1.54, 1.807) is 30.3 Å². The summed E-state index contributed by atoms with van der Waals surface area (Å²) < 4.78 is 10.8. The monoisotopic (exact) mass is 268 g/mol. The van der Waals surface area contributed by atoms with E-state index in [1.165, 1.54) is 20.2 Å². The zero-order chi connectivity index (χ0) is 14.5. The second-order valence-corrected chi connectivity index (χ2v) is 4.01. The summed E-state index contributed by atoms with van der Waals surface area (Å²) in [6.45, 7) is 1.45. The van der Waals surface area contributed by atoms with Gasteiger partial charge >= 0.3 is 0 Å². The highest BCUT2D eigenvalue weighted by Gasteiger charge is 2.08. The number of hydrogen-bond donors (Lipinski definition) is 0. The molecule has 100 valence electrons. The molecule has 0 saturated heterocycles. The standard InChI is InChI=1S/C15H12N2O3/c1-10(18)13-5-4-12(9-17-13)20-14-6-3-11(8-16)7-15(14)19-2/h3-7,9H,1-2H3. The Morgan fingerprint density at radius 2 is 2.05 bits per heavy atom. The lowest BCUT2D eigenvalue weighted by Crippen LogP contribution is -1.96. The fraction of sp³-hybridized carbons (Fsp3) is 0.133. The van der Waals surface area contributed by atoms with Crippen LogP contribution in [0, 0.1) is 11.3 Å². The number of benzene rings is 1. The summed E-state index contributed by atoms with van der Waals surface area (Å²) in [4.78, 5) is 15.1. The van der Waals surface area contributed by atoms with E-state index in [9.17, 15) is 4.79 Å².